The summed E-state index contributed by atoms with van der Waals surface area (Å²) in [6, 6.07) is 0. The lowest BCUT2D eigenvalue weighted by molar-refractivity contribution is -0.271. The molecule has 1 heterocycles. The summed E-state index contributed by atoms with van der Waals surface area (Å²) in [6.45, 7) is 7.75. The van der Waals surface area contributed by atoms with Gasteiger partial charge in [-0.15, -0.1) is 0 Å². The number of rotatable bonds is 36. The molecule has 1 saturated heterocycles. The maximum atomic E-state index is 11.1. The second-order valence-electron chi connectivity index (χ2n) is 9.02. The predicted octanol–water partition coefficient (Wildman–Crippen LogP) is -1.85. The van der Waals surface area contributed by atoms with E-state index in [4.69, 9.17) is 72.5 Å². The largest absolute Gasteiger partial charge is 0.441 e. The molecule has 1 aliphatic rings. The van der Waals surface area contributed by atoms with Crippen molar-refractivity contribution < 1.29 is 76.6 Å². The molecular weight excluding hydrogens is 608 g/mol. The number of amides is 1. The van der Waals surface area contributed by atoms with E-state index in [9.17, 15) is 9.90 Å². The van der Waals surface area contributed by atoms with Crippen molar-refractivity contribution >= 4 is 6.09 Å². The van der Waals surface area contributed by atoms with E-state index in [1.54, 1.807) is 0 Å². The topological polar surface area (TPSA) is 207 Å². The molecule has 18 heteroatoms. The molecular formula is C27H54N2O16. The van der Waals surface area contributed by atoms with Crippen LogP contribution in [0.3, 0.4) is 0 Å². The number of nitrogens with two attached hydrogens (primary N) is 1. The van der Waals surface area contributed by atoms with Crippen LogP contribution in [0.25, 0.3) is 0 Å². The SMILES string of the molecule is NN1C[C@@H](COC(O)OCCOCCOCCOCCOCCOCCOCCOCCOCCOCCOCCO)OC1=O. The van der Waals surface area contributed by atoms with Gasteiger partial charge in [0.2, 0.25) is 0 Å². The smallest absolute Gasteiger partial charge is 0.424 e. The number of carbonyl (C=O) groups is 1. The van der Waals surface area contributed by atoms with Crippen LogP contribution in [0.5, 0.6) is 0 Å². The third kappa shape index (κ3) is 28.6. The Kier molecular flexibility index (Phi) is 30.2. The summed E-state index contributed by atoms with van der Waals surface area (Å²) in [5.41, 5.74) is 0. The lowest BCUT2D eigenvalue weighted by atomic mass is 10.4. The second-order valence-corrected chi connectivity index (χ2v) is 9.02. The van der Waals surface area contributed by atoms with Gasteiger partial charge in [-0.2, -0.15) is 0 Å². The molecule has 0 aliphatic carbocycles. The zero-order valence-electron chi connectivity index (χ0n) is 26.3. The van der Waals surface area contributed by atoms with Gasteiger partial charge in [-0.1, -0.05) is 0 Å². The molecule has 0 aromatic rings. The van der Waals surface area contributed by atoms with E-state index in [0.717, 1.165) is 5.01 Å². The van der Waals surface area contributed by atoms with Gasteiger partial charge in [0.1, 0.15) is 6.10 Å². The van der Waals surface area contributed by atoms with Crippen LogP contribution < -0.4 is 5.84 Å². The molecule has 18 nitrogen and oxygen atoms in total. The molecule has 45 heavy (non-hydrogen) atoms. The average Bonchev–Trinajstić information content (AvgIpc) is 3.36. The molecule has 4 N–H and O–H groups in total. The van der Waals surface area contributed by atoms with Crippen LogP contribution in [0.4, 0.5) is 4.79 Å². The van der Waals surface area contributed by atoms with Crippen LogP contribution >= 0.6 is 0 Å². The quantitative estimate of drug-likeness (QED) is 0.0291. The first-order valence-electron chi connectivity index (χ1n) is 15.2. The number of cyclic esters (lactones) is 1. The van der Waals surface area contributed by atoms with Gasteiger partial charge >= 0.3 is 6.09 Å². The number of hydrogen-bond donors (Lipinski definition) is 3. The monoisotopic (exact) mass is 662 g/mol. The minimum Gasteiger partial charge on any atom is -0.441 e. The molecule has 1 amide bonds. The number of aliphatic hydroxyl groups is 2. The molecule has 1 aliphatic heterocycles. The molecule has 268 valence electrons. The third-order valence-corrected chi connectivity index (χ3v) is 5.40. The summed E-state index contributed by atoms with van der Waals surface area (Å²) in [4.78, 5) is 11.1. The number of carbonyl (C=O) groups excluding carboxylic acids is 1. The van der Waals surface area contributed by atoms with Crippen molar-refractivity contribution in [3.05, 3.63) is 0 Å². The maximum Gasteiger partial charge on any atom is 0.424 e. The van der Waals surface area contributed by atoms with Gasteiger partial charge in [-0.05, 0) is 0 Å². The van der Waals surface area contributed by atoms with Crippen molar-refractivity contribution in [1.82, 2.24) is 5.01 Å². The Morgan fingerprint density at radius 1 is 0.578 bits per heavy atom. The van der Waals surface area contributed by atoms with Gasteiger partial charge in [0.05, 0.1) is 159 Å². The molecule has 0 bridgehead atoms. The minimum absolute atomic E-state index is 0.0169. The zero-order valence-corrected chi connectivity index (χ0v) is 26.3. The number of ether oxygens (including phenoxy) is 13. The van der Waals surface area contributed by atoms with Crippen LogP contribution in [-0.4, -0.2) is 192 Å². The van der Waals surface area contributed by atoms with Gasteiger partial charge in [0.15, 0.2) is 0 Å². The van der Waals surface area contributed by atoms with Gasteiger partial charge in [0.25, 0.3) is 6.48 Å². The van der Waals surface area contributed by atoms with Crippen molar-refractivity contribution in [2.45, 2.75) is 12.6 Å². The second kappa shape index (κ2) is 32.6. The molecule has 0 aromatic heterocycles. The molecule has 0 spiro atoms. The minimum atomic E-state index is -1.45. The van der Waals surface area contributed by atoms with Crippen molar-refractivity contribution in [2.24, 2.45) is 5.84 Å². The molecule has 1 fully saturated rings. The molecule has 0 radical (unpaired) electrons. The Hall–Kier alpha value is -1.33. The standard InChI is InChI=1S/C27H54N2O16/c28-29-23-25(45-26(29)31)24-44-27(32)43-22-21-42-20-19-41-18-17-40-16-15-39-14-13-38-12-11-37-10-9-36-8-7-35-6-5-34-4-3-33-2-1-30/h25,27,30,32H,1-24,28H2/t25-,27?/m0/s1. The molecule has 1 unspecified atom stereocenters. The van der Waals surface area contributed by atoms with Crippen molar-refractivity contribution in [3.8, 4) is 0 Å². The van der Waals surface area contributed by atoms with Crippen LogP contribution in [0, 0.1) is 0 Å². The average molecular weight is 663 g/mol. The fourth-order valence-corrected chi connectivity index (χ4v) is 3.22. The Balaban J connectivity index is 1.64. The first kappa shape index (κ1) is 41.7. The number of hydrogen-bond acceptors (Lipinski definition) is 17. The highest BCUT2D eigenvalue weighted by atomic mass is 16.8. The van der Waals surface area contributed by atoms with Crippen molar-refractivity contribution in [1.29, 1.82) is 0 Å². The highest BCUT2D eigenvalue weighted by Gasteiger charge is 2.29. The van der Waals surface area contributed by atoms with Crippen molar-refractivity contribution in [3.63, 3.8) is 0 Å². The zero-order chi connectivity index (χ0) is 32.5. The number of aliphatic hydroxyl groups excluding tert-OH is 2. The van der Waals surface area contributed by atoms with E-state index in [-0.39, 0.29) is 33.0 Å². The maximum absolute atomic E-state index is 11.1. The summed E-state index contributed by atoms with van der Waals surface area (Å²) < 4.78 is 68.7. The van der Waals surface area contributed by atoms with E-state index in [1.807, 2.05) is 0 Å². The molecule has 1 rings (SSSR count). The van der Waals surface area contributed by atoms with Crippen LogP contribution in [-0.2, 0) is 61.6 Å². The highest BCUT2D eigenvalue weighted by molar-refractivity contribution is 5.68. The predicted molar refractivity (Wildman–Crippen MR) is 154 cm³/mol. The fourth-order valence-electron chi connectivity index (χ4n) is 3.22. The van der Waals surface area contributed by atoms with Gasteiger partial charge in [0, 0.05) is 0 Å². The van der Waals surface area contributed by atoms with E-state index < -0.39 is 18.7 Å². The fraction of sp³-hybridized carbons (Fsp3) is 0.963. The van der Waals surface area contributed by atoms with E-state index in [2.05, 4.69) is 0 Å². The molecule has 0 saturated carbocycles. The third-order valence-electron chi connectivity index (χ3n) is 5.40. The Labute approximate surface area is 265 Å². The van der Waals surface area contributed by atoms with E-state index >= 15 is 0 Å². The van der Waals surface area contributed by atoms with Gasteiger partial charge < -0.3 is 71.8 Å². The van der Waals surface area contributed by atoms with Gasteiger partial charge in [-0.3, -0.25) is 0 Å². The summed E-state index contributed by atoms with van der Waals surface area (Å²) in [7, 11) is 0. The molecule has 0 aromatic carbocycles. The lowest BCUT2D eigenvalue weighted by Gasteiger charge is -2.15. The van der Waals surface area contributed by atoms with Crippen LogP contribution in [0.2, 0.25) is 0 Å². The first-order chi connectivity index (χ1) is 22.1. The summed E-state index contributed by atoms with van der Waals surface area (Å²) >= 11 is 0. The summed E-state index contributed by atoms with van der Waals surface area (Å²) in [5.74, 6) is 5.37. The lowest BCUT2D eigenvalue weighted by Crippen LogP contribution is -2.33. The first-order valence-corrected chi connectivity index (χ1v) is 15.2. The van der Waals surface area contributed by atoms with Crippen LogP contribution in [0.1, 0.15) is 0 Å². The highest BCUT2D eigenvalue weighted by Crippen LogP contribution is 2.08. The molecule has 2 atom stereocenters. The Bertz CT molecular complexity index is 642. The Morgan fingerprint density at radius 2 is 0.889 bits per heavy atom. The van der Waals surface area contributed by atoms with Gasteiger partial charge in [-0.25, -0.2) is 15.6 Å². The van der Waals surface area contributed by atoms with E-state index in [0.29, 0.717) is 126 Å². The number of nitrogens with zero attached hydrogens (tertiary/aromatic N) is 1. The summed E-state index contributed by atoms with van der Waals surface area (Å²) in [5, 5.41) is 19.1. The number of hydrazine groups is 1. The van der Waals surface area contributed by atoms with Crippen LogP contribution in [0.15, 0.2) is 0 Å². The Morgan fingerprint density at radius 3 is 1.18 bits per heavy atom. The normalized spacial score (nSPS) is 15.7. The summed E-state index contributed by atoms with van der Waals surface area (Å²) in [6.07, 6.45) is -1.19. The van der Waals surface area contributed by atoms with Crippen molar-refractivity contribution in [2.75, 3.05) is 159 Å². The van der Waals surface area contributed by atoms with E-state index in [1.165, 1.54) is 0 Å².